The van der Waals surface area contributed by atoms with Crippen molar-refractivity contribution >= 4 is 43.1 Å². The molecule has 0 spiro atoms. The Morgan fingerprint density at radius 1 is 0.135 bits per heavy atom. The standard InChI is InChI=1S/2C60H39N3/c1-4-17-40(18-5-1)41-31-33-42(34-32-41)45-21-16-22-46(39-45)59-62-57(43-19-6-2-7-20-43)61-58(63-59)44-35-37-48(38-36-44)60(47-23-8-3-9-24-47)54-30-15-14-29-53(54)55-51-27-12-10-25-49(51)50-26-11-13-28-52(50)56(55)60;1-4-16-40(17-5-1)41-28-30-42(31-29-41)43-32-34-45(35-33-43)58-61-57(44-18-6-2-7-19-44)62-59(63-58)46-36-38-48(39-37-46)60(47-20-8-3-9-21-47)54-27-15-14-26-53(54)55-51-24-12-10-22-49(51)50-23-11-13-25-52(50)56(55)60/h2*1-39H. The van der Waals surface area contributed by atoms with Crippen LogP contribution < -0.4 is 0 Å². The Bertz CT molecular complexity index is 7870. The molecule has 0 fully saturated rings. The first-order valence-electron chi connectivity index (χ1n) is 43.0. The van der Waals surface area contributed by atoms with Crippen LogP contribution in [-0.2, 0) is 10.8 Å². The van der Waals surface area contributed by atoms with Crippen LogP contribution in [0.25, 0.3) is 178 Å². The topological polar surface area (TPSA) is 77.3 Å². The molecule has 2 aliphatic carbocycles. The summed E-state index contributed by atoms with van der Waals surface area (Å²) in [6.45, 7) is 0. The van der Waals surface area contributed by atoms with Gasteiger partial charge in [-0.05, 0) is 160 Å². The van der Waals surface area contributed by atoms with Crippen LogP contribution in [0.5, 0.6) is 0 Å². The Kier molecular flexibility index (Phi) is 18.6. The second kappa shape index (κ2) is 31.5. The number of benzene rings is 20. The lowest BCUT2D eigenvalue weighted by molar-refractivity contribution is 0.776. The smallest absolute Gasteiger partial charge is 0.164 e. The number of hydrogen-bond donors (Lipinski definition) is 0. The largest absolute Gasteiger partial charge is 0.208 e. The van der Waals surface area contributed by atoms with E-state index in [0.717, 1.165) is 55.6 Å². The summed E-state index contributed by atoms with van der Waals surface area (Å²) in [7, 11) is 0. The minimum absolute atomic E-state index is 0.585. The molecule has 24 rings (SSSR count). The lowest BCUT2D eigenvalue weighted by Gasteiger charge is -2.35. The number of rotatable bonds is 14. The fraction of sp³-hybridized carbons (Fsp3) is 0.0167. The molecule has 0 amide bonds. The van der Waals surface area contributed by atoms with Crippen LogP contribution in [0.1, 0.15) is 44.5 Å². The zero-order valence-electron chi connectivity index (χ0n) is 68.7. The number of fused-ring (bicyclic) bond motifs is 16. The molecule has 2 aromatic heterocycles. The summed E-state index contributed by atoms with van der Waals surface area (Å²) in [6.07, 6.45) is 0. The third kappa shape index (κ3) is 12.7. The van der Waals surface area contributed by atoms with Gasteiger partial charge in [-0.15, -0.1) is 0 Å². The highest BCUT2D eigenvalue weighted by Gasteiger charge is 2.50. The fourth-order valence-electron chi connectivity index (χ4n) is 19.9. The Morgan fingerprint density at radius 3 is 0.683 bits per heavy atom. The van der Waals surface area contributed by atoms with Crippen molar-refractivity contribution in [2.24, 2.45) is 0 Å². The van der Waals surface area contributed by atoms with E-state index in [-0.39, 0.29) is 0 Å². The molecule has 6 heteroatoms. The second-order valence-electron chi connectivity index (χ2n) is 32.5. The highest BCUT2D eigenvalue weighted by molar-refractivity contribution is 6.21. The normalized spacial score (nSPS) is 14.1. The molecule has 0 aliphatic heterocycles. The van der Waals surface area contributed by atoms with Crippen molar-refractivity contribution in [3.05, 3.63) is 518 Å². The summed E-state index contributed by atoms with van der Waals surface area (Å²) in [5, 5.41) is 10.1. The molecule has 0 N–H and O–H groups in total. The Hall–Kier alpha value is -16.5. The van der Waals surface area contributed by atoms with E-state index in [1.165, 1.54) is 132 Å². The molecule has 0 radical (unpaired) electrons. The van der Waals surface area contributed by atoms with Crippen LogP contribution in [-0.4, -0.2) is 29.9 Å². The van der Waals surface area contributed by atoms with Crippen LogP contribution in [0, 0.1) is 0 Å². The molecule has 0 saturated heterocycles. The van der Waals surface area contributed by atoms with E-state index in [1.807, 2.05) is 48.5 Å². The summed E-state index contributed by atoms with van der Waals surface area (Å²) >= 11 is 0. The molecular formula is C120H78N6. The molecule has 126 heavy (non-hydrogen) atoms. The molecular weight excluding hydrogens is 1530 g/mol. The summed E-state index contributed by atoms with van der Waals surface area (Å²) in [6, 6.07) is 170. The van der Waals surface area contributed by atoms with Crippen LogP contribution in [0.4, 0.5) is 0 Å². The first kappa shape index (κ1) is 74.5. The molecule has 2 aliphatic rings. The molecule has 2 unspecified atom stereocenters. The maximum Gasteiger partial charge on any atom is 0.164 e. The van der Waals surface area contributed by atoms with Crippen molar-refractivity contribution < 1.29 is 0 Å². The van der Waals surface area contributed by atoms with Gasteiger partial charge in [-0.1, -0.05) is 467 Å². The van der Waals surface area contributed by atoms with Gasteiger partial charge < -0.3 is 0 Å². The summed E-state index contributed by atoms with van der Waals surface area (Å²) < 4.78 is 0. The fourth-order valence-corrected chi connectivity index (χ4v) is 19.9. The van der Waals surface area contributed by atoms with Gasteiger partial charge in [0.15, 0.2) is 34.9 Å². The van der Waals surface area contributed by atoms with E-state index in [0.29, 0.717) is 34.9 Å². The molecule has 0 saturated carbocycles. The SMILES string of the molecule is c1ccc(-c2ccc(-c3ccc(-c4nc(-c5ccccc5)nc(-c5ccc(C6(c7ccccc7)c7ccccc7-c7c6c6ccccc6c6ccccc76)cc5)n4)cc3)cc2)cc1.c1ccc(-c2ccc(-c3cccc(-c4nc(-c5ccccc5)nc(-c5ccc(C6(c7ccccc7)c7ccccc7-c7c6c6ccccc6c6ccccc76)cc5)n4)c3)cc2)cc1. The van der Waals surface area contributed by atoms with Crippen LogP contribution >= 0.6 is 0 Å². The van der Waals surface area contributed by atoms with Gasteiger partial charge >= 0.3 is 0 Å². The van der Waals surface area contributed by atoms with Crippen molar-refractivity contribution in [3.8, 4) is 135 Å². The van der Waals surface area contributed by atoms with Crippen LogP contribution in [0.2, 0.25) is 0 Å². The van der Waals surface area contributed by atoms with E-state index in [1.54, 1.807) is 0 Å². The summed E-state index contributed by atoms with van der Waals surface area (Å²) in [5.74, 6) is 3.78. The van der Waals surface area contributed by atoms with Crippen molar-refractivity contribution in [2.75, 3.05) is 0 Å². The zero-order valence-corrected chi connectivity index (χ0v) is 68.7. The third-order valence-corrected chi connectivity index (χ3v) is 25.6. The zero-order chi connectivity index (χ0) is 83.5. The monoisotopic (exact) mass is 1600 g/mol. The van der Waals surface area contributed by atoms with Gasteiger partial charge in [-0.3, -0.25) is 0 Å². The quantitative estimate of drug-likeness (QED) is 0.101. The van der Waals surface area contributed by atoms with Crippen LogP contribution in [0.15, 0.2) is 473 Å². The number of aromatic nitrogens is 6. The Morgan fingerprint density at radius 2 is 0.341 bits per heavy atom. The van der Waals surface area contributed by atoms with Gasteiger partial charge in [-0.25, -0.2) is 29.9 Å². The lowest BCUT2D eigenvalue weighted by Crippen LogP contribution is -2.28. The van der Waals surface area contributed by atoms with Gasteiger partial charge in [0.2, 0.25) is 0 Å². The predicted octanol–water partition coefficient (Wildman–Crippen LogP) is 29.8. The minimum Gasteiger partial charge on any atom is -0.208 e. The van der Waals surface area contributed by atoms with Gasteiger partial charge in [0, 0.05) is 33.4 Å². The second-order valence-corrected chi connectivity index (χ2v) is 32.5. The van der Waals surface area contributed by atoms with Gasteiger partial charge in [0.1, 0.15) is 0 Å². The van der Waals surface area contributed by atoms with Crippen molar-refractivity contribution in [1.29, 1.82) is 0 Å². The third-order valence-electron chi connectivity index (χ3n) is 25.6. The van der Waals surface area contributed by atoms with E-state index in [4.69, 9.17) is 29.9 Å². The van der Waals surface area contributed by atoms with Gasteiger partial charge in [-0.2, -0.15) is 0 Å². The lowest BCUT2D eigenvalue weighted by atomic mass is 9.66. The summed E-state index contributed by atoms with van der Waals surface area (Å²) in [4.78, 5) is 30.8. The molecule has 2 atom stereocenters. The van der Waals surface area contributed by atoms with Crippen molar-refractivity contribution in [3.63, 3.8) is 0 Å². The summed E-state index contributed by atoms with van der Waals surface area (Å²) in [5.41, 5.74) is 28.9. The van der Waals surface area contributed by atoms with Gasteiger partial charge in [0.25, 0.3) is 0 Å². The molecule has 588 valence electrons. The molecule has 6 nitrogen and oxygen atoms in total. The van der Waals surface area contributed by atoms with Crippen LogP contribution in [0.3, 0.4) is 0 Å². The number of nitrogens with zero attached hydrogens (tertiary/aromatic N) is 6. The molecule has 0 bridgehead atoms. The molecule has 2 heterocycles. The maximum atomic E-state index is 5.22. The molecule has 22 aromatic rings. The highest BCUT2D eigenvalue weighted by atomic mass is 15.0. The minimum atomic E-state index is -0.589. The van der Waals surface area contributed by atoms with Crippen molar-refractivity contribution in [2.45, 2.75) is 10.8 Å². The Labute approximate surface area is 731 Å². The first-order chi connectivity index (χ1) is 62.5. The van der Waals surface area contributed by atoms with E-state index >= 15 is 0 Å². The Balaban J connectivity index is 0.000000145. The average Bonchev–Trinajstić information content (AvgIpc) is 1.52. The highest BCUT2D eigenvalue weighted by Crippen LogP contribution is 2.62. The predicted molar refractivity (Wildman–Crippen MR) is 519 cm³/mol. The van der Waals surface area contributed by atoms with Crippen molar-refractivity contribution in [1.82, 2.24) is 29.9 Å². The molecule has 20 aromatic carbocycles. The first-order valence-corrected chi connectivity index (χ1v) is 43.0. The van der Waals surface area contributed by atoms with E-state index < -0.39 is 10.8 Å². The maximum absolute atomic E-state index is 5.22. The van der Waals surface area contributed by atoms with Gasteiger partial charge in [0.05, 0.1) is 10.8 Å². The number of hydrogen-bond acceptors (Lipinski definition) is 6. The van der Waals surface area contributed by atoms with E-state index in [2.05, 4.69) is 425 Å². The van der Waals surface area contributed by atoms with E-state index in [9.17, 15) is 0 Å². The average molecular weight is 1600 g/mol.